The fourth-order valence-corrected chi connectivity index (χ4v) is 4.70. The van der Waals surface area contributed by atoms with Crippen molar-refractivity contribution in [3.8, 4) is 28.0 Å². The van der Waals surface area contributed by atoms with Gasteiger partial charge in [0.2, 0.25) is 5.91 Å². The number of phenolic OH excluding ortho intramolecular Hbond substituents is 1. The van der Waals surface area contributed by atoms with Gasteiger partial charge in [-0.15, -0.1) is 0 Å². The zero-order valence-corrected chi connectivity index (χ0v) is 18.6. The van der Waals surface area contributed by atoms with E-state index in [-0.39, 0.29) is 11.7 Å². The number of para-hydroxylation sites is 1. The van der Waals surface area contributed by atoms with Crippen LogP contribution < -0.4 is 15.1 Å². The van der Waals surface area contributed by atoms with Gasteiger partial charge in [-0.1, -0.05) is 24.3 Å². The number of carbonyl (C=O) groups excluding carboxylic acids is 1. The largest absolute Gasteiger partial charge is 0.507 e. The number of amides is 1. The summed E-state index contributed by atoms with van der Waals surface area (Å²) in [6.07, 6.45) is 2.94. The number of rotatable bonds is 4. The molecule has 170 valence electrons. The van der Waals surface area contributed by atoms with Crippen LogP contribution in [0.15, 0.2) is 54.7 Å². The summed E-state index contributed by atoms with van der Waals surface area (Å²) >= 11 is 0. The van der Waals surface area contributed by atoms with Crippen molar-refractivity contribution in [1.29, 1.82) is 0 Å². The molecule has 0 radical (unpaired) electrons. The van der Waals surface area contributed by atoms with Gasteiger partial charge in [-0.25, -0.2) is 9.37 Å². The SMILES string of the molecule is C[C@@H]1CN(c2cc(-c3cccc(-c4ccc(N5CCCC5=O)c(F)c4)c3O)ccn2)CCN1. The number of phenols is 1. The number of anilines is 2. The molecule has 0 spiro atoms. The molecular formula is C26H27FN4O2. The Morgan fingerprint density at radius 1 is 1.09 bits per heavy atom. The van der Waals surface area contributed by atoms with Crippen molar-refractivity contribution in [2.75, 3.05) is 36.0 Å². The first-order chi connectivity index (χ1) is 16.0. The third kappa shape index (κ3) is 4.16. The van der Waals surface area contributed by atoms with Crippen LogP contribution in [0, 0.1) is 5.82 Å². The molecule has 3 heterocycles. The lowest BCUT2D eigenvalue weighted by Crippen LogP contribution is -2.49. The van der Waals surface area contributed by atoms with Gasteiger partial charge in [0.05, 0.1) is 5.69 Å². The summed E-state index contributed by atoms with van der Waals surface area (Å²) in [5, 5.41) is 14.6. The standard InChI is InChI=1S/C26H27FN4O2/c1-17-16-30(13-11-28-17)24-15-19(9-10-29-24)21-5-2-4-20(26(21)33)18-7-8-23(22(27)14-18)31-12-3-6-25(31)32/h2,4-5,7-10,14-15,17,28,33H,3,6,11-13,16H2,1H3/t17-/m1/s1. The van der Waals surface area contributed by atoms with Crippen molar-refractivity contribution < 1.29 is 14.3 Å². The van der Waals surface area contributed by atoms with E-state index in [4.69, 9.17) is 0 Å². The Morgan fingerprint density at radius 3 is 2.58 bits per heavy atom. The van der Waals surface area contributed by atoms with Gasteiger partial charge in [-0.2, -0.15) is 0 Å². The van der Waals surface area contributed by atoms with Gasteiger partial charge in [0.15, 0.2) is 0 Å². The minimum atomic E-state index is -0.466. The van der Waals surface area contributed by atoms with Gasteiger partial charge in [-0.05, 0) is 48.7 Å². The number of aromatic hydroxyl groups is 1. The van der Waals surface area contributed by atoms with Crippen LogP contribution in [0.2, 0.25) is 0 Å². The molecule has 3 aromatic rings. The summed E-state index contributed by atoms with van der Waals surface area (Å²) < 4.78 is 14.9. The number of aromatic nitrogens is 1. The summed E-state index contributed by atoms with van der Waals surface area (Å²) in [4.78, 5) is 20.3. The van der Waals surface area contributed by atoms with Crippen LogP contribution in [0.5, 0.6) is 5.75 Å². The molecule has 0 saturated carbocycles. The van der Waals surface area contributed by atoms with Crippen LogP contribution in [-0.4, -0.2) is 48.2 Å². The first-order valence-electron chi connectivity index (χ1n) is 11.4. The smallest absolute Gasteiger partial charge is 0.227 e. The molecule has 2 aromatic carbocycles. The number of benzene rings is 2. The molecule has 0 unspecified atom stereocenters. The molecule has 2 aliphatic heterocycles. The predicted molar refractivity (Wildman–Crippen MR) is 128 cm³/mol. The normalized spacial score (nSPS) is 18.7. The summed E-state index contributed by atoms with van der Waals surface area (Å²) in [7, 11) is 0. The highest BCUT2D eigenvalue weighted by molar-refractivity contribution is 5.96. The van der Waals surface area contributed by atoms with Crippen LogP contribution in [0.25, 0.3) is 22.3 Å². The lowest BCUT2D eigenvalue weighted by molar-refractivity contribution is -0.117. The molecule has 7 heteroatoms. The maximum absolute atomic E-state index is 14.9. The van der Waals surface area contributed by atoms with Crippen molar-refractivity contribution >= 4 is 17.4 Å². The highest BCUT2D eigenvalue weighted by atomic mass is 19.1. The molecular weight excluding hydrogens is 419 g/mol. The van der Waals surface area contributed by atoms with Gasteiger partial charge in [0, 0.05) is 56.0 Å². The Kier molecular flexibility index (Phi) is 5.72. The summed E-state index contributed by atoms with van der Waals surface area (Å²) in [5.41, 5.74) is 2.91. The van der Waals surface area contributed by atoms with E-state index in [1.165, 1.54) is 11.0 Å². The molecule has 33 heavy (non-hydrogen) atoms. The predicted octanol–water partition coefficient (Wildman–Crippen LogP) is 4.19. The number of nitrogens with one attached hydrogen (secondary N) is 1. The first kappa shape index (κ1) is 21.4. The van der Waals surface area contributed by atoms with E-state index in [1.54, 1.807) is 24.4 Å². The topological polar surface area (TPSA) is 68.7 Å². The maximum atomic E-state index is 14.9. The Hall–Kier alpha value is -3.45. The van der Waals surface area contributed by atoms with E-state index >= 15 is 0 Å². The molecule has 2 saturated heterocycles. The van der Waals surface area contributed by atoms with Crippen molar-refractivity contribution in [2.24, 2.45) is 0 Å². The summed E-state index contributed by atoms with van der Waals surface area (Å²) in [6.45, 7) is 5.32. The fraction of sp³-hybridized carbons (Fsp3) is 0.308. The molecule has 5 rings (SSSR count). The molecule has 1 atom stereocenters. The Labute approximate surface area is 192 Å². The molecule has 2 aliphatic rings. The molecule has 1 amide bonds. The third-order valence-electron chi connectivity index (χ3n) is 6.41. The van der Waals surface area contributed by atoms with Crippen LogP contribution in [0.3, 0.4) is 0 Å². The van der Waals surface area contributed by atoms with Gasteiger partial charge in [0.1, 0.15) is 17.4 Å². The first-order valence-corrected chi connectivity index (χ1v) is 11.4. The number of nitrogens with zero attached hydrogens (tertiary/aromatic N) is 3. The molecule has 0 aliphatic carbocycles. The maximum Gasteiger partial charge on any atom is 0.227 e. The zero-order valence-electron chi connectivity index (χ0n) is 18.6. The quantitative estimate of drug-likeness (QED) is 0.629. The Bertz CT molecular complexity index is 1200. The zero-order chi connectivity index (χ0) is 22.9. The second-order valence-corrected chi connectivity index (χ2v) is 8.72. The average Bonchev–Trinajstić information content (AvgIpc) is 3.25. The lowest BCUT2D eigenvalue weighted by Gasteiger charge is -2.32. The number of halogens is 1. The molecule has 0 bridgehead atoms. The summed E-state index contributed by atoms with van der Waals surface area (Å²) in [6, 6.07) is 14.5. The van der Waals surface area contributed by atoms with Crippen molar-refractivity contribution in [3.05, 3.63) is 60.5 Å². The second-order valence-electron chi connectivity index (χ2n) is 8.72. The van der Waals surface area contributed by atoms with Gasteiger partial charge >= 0.3 is 0 Å². The van der Waals surface area contributed by atoms with Crippen molar-refractivity contribution in [3.63, 3.8) is 0 Å². The minimum Gasteiger partial charge on any atom is -0.507 e. The van der Waals surface area contributed by atoms with E-state index in [0.29, 0.717) is 41.4 Å². The second kappa shape index (κ2) is 8.83. The number of carbonyl (C=O) groups is 1. The van der Waals surface area contributed by atoms with Crippen molar-refractivity contribution in [2.45, 2.75) is 25.8 Å². The highest BCUT2D eigenvalue weighted by Gasteiger charge is 2.25. The van der Waals surface area contributed by atoms with Gasteiger partial charge < -0.3 is 20.2 Å². The Morgan fingerprint density at radius 2 is 1.88 bits per heavy atom. The van der Waals surface area contributed by atoms with E-state index in [1.807, 2.05) is 24.3 Å². The molecule has 1 aromatic heterocycles. The van der Waals surface area contributed by atoms with Gasteiger partial charge in [0.25, 0.3) is 0 Å². The van der Waals surface area contributed by atoms with Crippen LogP contribution in [-0.2, 0) is 4.79 Å². The lowest BCUT2D eigenvalue weighted by atomic mass is 9.97. The van der Waals surface area contributed by atoms with Crippen molar-refractivity contribution in [1.82, 2.24) is 10.3 Å². The third-order valence-corrected chi connectivity index (χ3v) is 6.41. The molecule has 2 N–H and O–H groups in total. The average molecular weight is 447 g/mol. The Balaban J connectivity index is 1.47. The van der Waals surface area contributed by atoms with E-state index in [0.717, 1.165) is 37.4 Å². The number of hydrogen-bond acceptors (Lipinski definition) is 5. The van der Waals surface area contributed by atoms with Crippen LogP contribution >= 0.6 is 0 Å². The number of pyridine rings is 1. The van der Waals surface area contributed by atoms with E-state index in [2.05, 4.69) is 22.1 Å². The van der Waals surface area contributed by atoms with E-state index in [9.17, 15) is 14.3 Å². The van der Waals surface area contributed by atoms with E-state index < -0.39 is 5.82 Å². The van der Waals surface area contributed by atoms with Gasteiger partial charge in [-0.3, -0.25) is 4.79 Å². The summed E-state index contributed by atoms with van der Waals surface area (Å²) in [5.74, 6) is 0.439. The van der Waals surface area contributed by atoms with Crippen LogP contribution in [0.1, 0.15) is 19.8 Å². The highest BCUT2D eigenvalue weighted by Crippen LogP contribution is 2.40. The minimum absolute atomic E-state index is 0.0566. The molecule has 2 fully saturated rings. The number of hydrogen-bond donors (Lipinski definition) is 2. The van der Waals surface area contributed by atoms with Crippen LogP contribution in [0.4, 0.5) is 15.9 Å². The fourth-order valence-electron chi connectivity index (χ4n) is 4.70. The number of piperazine rings is 1. The molecule has 6 nitrogen and oxygen atoms in total. The monoisotopic (exact) mass is 446 g/mol.